The maximum Gasteiger partial charge on any atom is 0.340 e. The van der Waals surface area contributed by atoms with Gasteiger partial charge < -0.3 is 10.8 Å². The normalized spacial score (nSPS) is 15.5. The van der Waals surface area contributed by atoms with Gasteiger partial charge in [-0.05, 0) is 18.1 Å². The van der Waals surface area contributed by atoms with E-state index in [1.807, 2.05) is 0 Å². The van der Waals surface area contributed by atoms with Crippen LogP contribution in [-0.4, -0.2) is 24.4 Å². The number of carbonyl (C=O) groups is 1. The van der Waals surface area contributed by atoms with E-state index in [2.05, 4.69) is 0 Å². The molecule has 0 fully saturated rings. The highest BCUT2D eigenvalue weighted by molar-refractivity contribution is 7.93. The minimum atomic E-state index is -4.12. The molecule has 0 aliphatic rings. The zero-order valence-electron chi connectivity index (χ0n) is 9.62. The van der Waals surface area contributed by atoms with Crippen molar-refractivity contribution < 1.29 is 18.3 Å². The summed E-state index contributed by atoms with van der Waals surface area (Å²) in [5, 5.41) is 9.10. The molecule has 0 unspecified atom stereocenters. The molecule has 3 N–H and O–H groups in total. The van der Waals surface area contributed by atoms with Gasteiger partial charge in [0.1, 0.15) is 0 Å². The van der Waals surface area contributed by atoms with Gasteiger partial charge >= 0.3 is 5.97 Å². The molecule has 17 heavy (non-hydrogen) atoms. The Morgan fingerprint density at radius 3 is 2.12 bits per heavy atom. The van der Waals surface area contributed by atoms with Crippen molar-refractivity contribution >= 4 is 15.8 Å². The van der Waals surface area contributed by atoms with E-state index in [-0.39, 0.29) is 4.90 Å². The predicted octanol–water partition coefficient (Wildman–Crippen LogP) is 0.856. The third-order valence-corrected chi connectivity index (χ3v) is 5.12. The fourth-order valence-corrected chi connectivity index (χ4v) is 3.22. The van der Waals surface area contributed by atoms with Crippen LogP contribution in [0.25, 0.3) is 0 Å². The minimum absolute atomic E-state index is 0.0846. The molecule has 0 amide bonds. The second kappa shape index (κ2) is 4.46. The van der Waals surface area contributed by atoms with Crippen LogP contribution in [0.1, 0.15) is 13.8 Å². The van der Waals surface area contributed by atoms with Gasteiger partial charge in [-0.15, -0.1) is 0 Å². The summed E-state index contributed by atoms with van der Waals surface area (Å²) in [7, 11) is -4.12. The molecule has 1 aromatic rings. The largest absolute Gasteiger partial charge is 0.479 e. The van der Waals surface area contributed by atoms with Crippen molar-refractivity contribution in [2.75, 3.05) is 0 Å². The summed E-state index contributed by atoms with van der Waals surface area (Å²) in [4.78, 5) is 8.78. The van der Waals surface area contributed by atoms with Gasteiger partial charge in [0, 0.05) is 0 Å². The van der Waals surface area contributed by atoms with Crippen molar-refractivity contribution in [1.29, 1.82) is 0 Å². The Kier molecular flexibility index (Phi) is 3.59. The van der Waals surface area contributed by atoms with Gasteiger partial charge in [-0.2, -0.15) is 0 Å². The first-order chi connectivity index (χ1) is 7.74. The first-order valence-corrected chi connectivity index (χ1v) is 6.55. The molecule has 0 radical (unpaired) electrons. The number of aliphatic carboxylic acids is 1. The fourth-order valence-electron chi connectivity index (χ4n) is 1.47. The highest BCUT2D eigenvalue weighted by Gasteiger charge is 2.50. The molecule has 0 spiro atoms. The average Bonchev–Trinajstić information content (AvgIpc) is 2.28. The van der Waals surface area contributed by atoms with Gasteiger partial charge in [-0.1, -0.05) is 32.0 Å². The molecule has 5 nitrogen and oxygen atoms in total. The molecular formula is C11H15NO4S. The van der Waals surface area contributed by atoms with Gasteiger partial charge in [-0.25, -0.2) is 13.2 Å². The third-order valence-electron chi connectivity index (χ3n) is 2.69. The molecule has 0 aromatic heterocycles. The van der Waals surface area contributed by atoms with Crippen LogP contribution in [0.5, 0.6) is 0 Å². The average molecular weight is 257 g/mol. The summed E-state index contributed by atoms with van der Waals surface area (Å²) >= 11 is 0. The second-order valence-corrected chi connectivity index (χ2v) is 6.22. The molecule has 0 heterocycles. The van der Waals surface area contributed by atoms with Crippen molar-refractivity contribution in [3.63, 3.8) is 0 Å². The van der Waals surface area contributed by atoms with Crippen LogP contribution >= 0.6 is 0 Å². The Morgan fingerprint density at radius 2 is 1.76 bits per heavy atom. The maximum absolute atomic E-state index is 12.2. The molecule has 0 saturated carbocycles. The van der Waals surface area contributed by atoms with E-state index in [1.165, 1.54) is 38.1 Å². The number of hydrogen-bond donors (Lipinski definition) is 2. The lowest BCUT2D eigenvalue weighted by Crippen LogP contribution is -2.58. The van der Waals surface area contributed by atoms with E-state index in [4.69, 9.17) is 10.8 Å². The molecule has 0 saturated heterocycles. The zero-order valence-corrected chi connectivity index (χ0v) is 10.4. The first-order valence-electron chi connectivity index (χ1n) is 5.06. The highest BCUT2D eigenvalue weighted by Crippen LogP contribution is 2.28. The van der Waals surface area contributed by atoms with Crippen LogP contribution in [-0.2, 0) is 14.6 Å². The fraction of sp³-hybridized carbons (Fsp3) is 0.364. The monoisotopic (exact) mass is 257 g/mol. The minimum Gasteiger partial charge on any atom is -0.479 e. The summed E-state index contributed by atoms with van der Waals surface area (Å²) in [6.45, 7) is 2.93. The smallest absolute Gasteiger partial charge is 0.340 e. The summed E-state index contributed by atoms with van der Waals surface area (Å²) in [5.74, 6) is -2.29. The van der Waals surface area contributed by atoms with Crippen LogP contribution in [0.3, 0.4) is 0 Å². The van der Waals surface area contributed by atoms with E-state index in [0.29, 0.717) is 0 Å². The van der Waals surface area contributed by atoms with Crippen LogP contribution in [0.4, 0.5) is 0 Å². The SMILES string of the molecule is CC(C)[C@](N)(C(=O)O)S(=O)(=O)c1ccccc1. The van der Waals surface area contributed by atoms with Crippen LogP contribution in [0.2, 0.25) is 0 Å². The van der Waals surface area contributed by atoms with Crippen molar-refractivity contribution in [3.8, 4) is 0 Å². The van der Waals surface area contributed by atoms with Crippen molar-refractivity contribution in [2.45, 2.75) is 23.6 Å². The molecule has 1 aromatic carbocycles. The number of nitrogens with two attached hydrogens (primary N) is 1. The van der Waals surface area contributed by atoms with Crippen molar-refractivity contribution in [1.82, 2.24) is 0 Å². The lowest BCUT2D eigenvalue weighted by atomic mass is 10.1. The molecule has 94 valence electrons. The van der Waals surface area contributed by atoms with Crippen molar-refractivity contribution in [2.24, 2.45) is 11.7 Å². The van der Waals surface area contributed by atoms with Gasteiger partial charge in [0.2, 0.25) is 14.7 Å². The number of sulfone groups is 1. The molecule has 1 rings (SSSR count). The molecule has 0 aliphatic heterocycles. The Bertz CT molecular complexity index is 510. The van der Waals surface area contributed by atoms with Gasteiger partial charge in [0.15, 0.2) is 0 Å². The lowest BCUT2D eigenvalue weighted by molar-refractivity contribution is -0.141. The number of carboxylic acid groups (broad SMARTS) is 1. The quantitative estimate of drug-likeness (QED) is 0.833. The standard InChI is InChI=1S/C11H15NO4S/c1-8(2)11(12,10(13)14)17(15,16)9-6-4-3-5-7-9/h3-8H,12H2,1-2H3,(H,13,14)/t11-/m1/s1. The molecule has 0 aliphatic carbocycles. The predicted molar refractivity (Wildman–Crippen MR) is 63.0 cm³/mol. The zero-order chi connectivity index (χ0) is 13.3. The Labute approximate surface area is 100 Å². The summed E-state index contributed by atoms with van der Waals surface area (Å²) < 4.78 is 24.5. The van der Waals surface area contributed by atoms with Crippen LogP contribution in [0.15, 0.2) is 35.2 Å². The van der Waals surface area contributed by atoms with E-state index in [9.17, 15) is 13.2 Å². The van der Waals surface area contributed by atoms with Crippen LogP contribution in [0, 0.1) is 5.92 Å². The van der Waals surface area contributed by atoms with E-state index in [1.54, 1.807) is 6.07 Å². The highest BCUT2D eigenvalue weighted by atomic mass is 32.2. The molecular weight excluding hydrogens is 242 g/mol. The first kappa shape index (κ1) is 13.7. The van der Waals surface area contributed by atoms with Gasteiger partial charge in [-0.3, -0.25) is 0 Å². The Morgan fingerprint density at radius 1 is 1.29 bits per heavy atom. The number of hydrogen-bond acceptors (Lipinski definition) is 4. The number of rotatable bonds is 4. The lowest BCUT2D eigenvalue weighted by Gasteiger charge is -2.28. The Hall–Kier alpha value is -1.40. The molecule has 1 atom stereocenters. The number of benzene rings is 1. The topological polar surface area (TPSA) is 97.5 Å². The molecule has 0 bridgehead atoms. The van der Waals surface area contributed by atoms with E-state index >= 15 is 0 Å². The summed E-state index contributed by atoms with van der Waals surface area (Å²) in [6.07, 6.45) is 0. The summed E-state index contributed by atoms with van der Waals surface area (Å²) in [5.41, 5.74) is 5.61. The maximum atomic E-state index is 12.2. The van der Waals surface area contributed by atoms with E-state index in [0.717, 1.165) is 0 Å². The van der Waals surface area contributed by atoms with E-state index < -0.39 is 26.6 Å². The number of carboxylic acids is 1. The van der Waals surface area contributed by atoms with Gasteiger partial charge in [0.25, 0.3) is 0 Å². The van der Waals surface area contributed by atoms with Crippen LogP contribution < -0.4 is 5.73 Å². The summed E-state index contributed by atoms with van der Waals surface area (Å²) in [6, 6.07) is 7.36. The van der Waals surface area contributed by atoms with Gasteiger partial charge in [0.05, 0.1) is 4.90 Å². The molecule has 6 heteroatoms. The third kappa shape index (κ3) is 2.05. The van der Waals surface area contributed by atoms with Crippen molar-refractivity contribution in [3.05, 3.63) is 30.3 Å². The Balaban J connectivity index is 3.45. The second-order valence-electron chi connectivity index (χ2n) is 4.07.